The summed E-state index contributed by atoms with van der Waals surface area (Å²) in [5.74, 6) is -0.0649. The molecular weight excluding hydrogens is 258 g/mol. The summed E-state index contributed by atoms with van der Waals surface area (Å²) in [7, 11) is 0. The number of thiazole rings is 1. The van der Waals surface area contributed by atoms with E-state index in [4.69, 9.17) is 0 Å². The van der Waals surface area contributed by atoms with Gasteiger partial charge < -0.3 is 10.6 Å². The highest BCUT2D eigenvalue weighted by Gasteiger charge is 2.26. The van der Waals surface area contributed by atoms with E-state index < -0.39 is 0 Å². The lowest BCUT2D eigenvalue weighted by Crippen LogP contribution is -2.27. The Kier molecular flexibility index (Phi) is 3.21. The first kappa shape index (κ1) is 12.2. The van der Waals surface area contributed by atoms with Crippen molar-refractivity contribution in [3.8, 4) is 0 Å². The molecule has 5 heteroatoms. The Hall–Kier alpha value is -1.88. The minimum atomic E-state index is -0.0957. The third kappa shape index (κ3) is 2.46. The van der Waals surface area contributed by atoms with E-state index in [-0.39, 0.29) is 11.8 Å². The molecule has 1 aromatic carbocycles. The van der Waals surface area contributed by atoms with Crippen LogP contribution in [-0.4, -0.2) is 17.4 Å². The van der Waals surface area contributed by atoms with Gasteiger partial charge in [0, 0.05) is 17.6 Å². The lowest BCUT2D eigenvalue weighted by atomic mass is 9.90. The topological polar surface area (TPSA) is 54.0 Å². The summed E-state index contributed by atoms with van der Waals surface area (Å²) in [4.78, 5) is 16.6. The molecule has 98 valence electrons. The Bertz CT molecular complexity index is 608. The molecule has 0 spiro atoms. The van der Waals surface area contributed by atoms with Gasteiger partial charge in [0.15, 0.2) is 5.13 Å². The number of fused-ring (bicyclic) bond motifs is 1. The molecule has 3 rings (SSSR count). The quantitative estimate of drug-likeness (QED) is 0.884. The van der Waals surface area contributed by atoms with Crippen LogP contribution < -0.4 is 10.6 Å². The van der Waals surface area contributed by atoms with Gasteiger partial charge in [-0.2, -0.15) is 0 Å². The normalized spacial score (nSPS) is 17.4. The number of carbonyl (C=O) groups is 1. The third-order valence-electron chi connectivity index (χ3n) is 3.25. The van der Waals surface area contributed by atoms with Crippen LogP contribution in [0.4, 0.5) is 10.8 Å². The molecule has 1 aliphatic heterocycles. The van der Waals surface area contributed by atoms with E-state index in [0.29, 0.717) is 5.13 Å². The number of amides is 1. The fraction of sp³-hybridized carbons (Fsp3) is 0.286. The summed E-state index contributed by atoms with van der Waals surface area (Å²) < 4.78 is 0. The van der Waals surface area contributed by atoms with Crippen LogP contribution in [0.15, 0.2) is 29.6 Å². The number of rotatable bonds is 2. The average Bonchev–Trinajstić information content (AvgIpc) is 2.83. The summed E-state index contributed by atoms with van der Waals surface area (Å²) in [5.41, 5.74) is 3.06. The highest BCUT2D eigenvalue weighted by molar-refractivity contribution is 7.13. The van der Waals surface area contributed by atoms with Crippen LogP contribution in [0.25, 0.3) is 0 Å². The molecule has 2 aromatic rings. The molecule has 0 bridgehead atoms. The fourth-order valence-corrected chi connectivity index (χ4v) is 3.04. The van der Waals surface area contributed by atoms with Gasteiger partial charge in [-0.3, -0.25) is 4.79 Å². The predicted octanol–water partition coefficient (Wildman–Crippen LogP) is 2.99. The molecule has 1 aromatic heterocycles. The summed E-state index contributed by atoms with van der Waals surface area (Å²) in [6.07, 6.45) is 0.813. The lowest BCUT2D eigenvalue weighted by Gasteiger charge is -2.25. The Morgan fingerprint density at radius 1 is 1.47 bits per heavy atom. The SMILES string of the molecule is Cc1csc(NC(=O)C2CCNc3ccccc32)n1. The van der Waals surface area contributed by atoms with Gasteiger partial charge in [0.1, 0.15) is 0 Å². The summed E-state index contributed by atoms with van der Waals surface area (Å²) in [6.45, 7) is 2.75. The second kappa shape index (κ2) is 5.01. The second-order valence-corrected chi connectivity index (χ2v) is 5.50. The molecule has 19 heavy (non-hydrogen) atoms. The van der Waals surface area contributed by atoms with Crippen molar-refractivity contribution < 1.29 is 4.79 Å². The van der Waals surface area contributed by atoms with E-state index >= 15 is 0 Å². The first-order chi connectivity index (χ1) is 9.24. The van der Waals surface area contributed by atoms with Gasteiger partial charge in [0.2, 0.25) is 5.91 Å². The van der Waals surface area contributed by atoms with Gasteiger partial charge in [-0.15, -0.1) is 11.3 Å². The fourth-order valence-electron chi connectivity index (χ4n) is 2.34. The van der Waals surface area contributed by atoms with Crippen molar-refractivity contribution >= 4 is 28.1 Å². The monoisotopic (exact) mass is 273 g/mol. The van der Waals surface area contributed by atoms with Crippen molar-refractivity contribution in [1.82, 2.24) is 4.98 Å². The molecule has 0 radical (unpaired) electrons. The highest BCUT2D eigenvalue weighted by Crippen LogP contribution is 2.32. The summed E-state index contributed by atoms with van der Waals surface area (Å²) >= 11 is 1.46. The number of hydrogen-bond donors (Lipinski definition) is 2. The number of benzene rings is 1. The standard InChI is InChI=1S/C14H15N3OS/c1-9-8-19-14(16-9)17-13(18)11-6-7-15-12-5-3-2-4-10(11)12/h2-5,8,11,15H,6-7H2,1H3,(H,16,17,18). The maximum absolute atomic E-state index is 12.4. The molecule has 2 heterocycles. The van der Waals surface area contributed by atoms with Crippen molar-refractivity contribution in [3.63, 3.8) is 0 Å². The Labute approximate surface area is 115 Å². The Morgan fingerprint density at radius 2 is 2.32 bits per heavy atom. The zero-order chi connectivity index (χ0) is 13.2. The number of aryl methyl sites for hydroxylation is 1. The lowest BCUT2D eigenvalue weighted by molar-refractivity contribution is -0.117. The minimum absolute atomic E-state index is 0.0308. The minimum Gasteiger partial charge on any atom is -0.385 e. The molecule has 0 aliphatic carbocycles. The van der Waals surface area contributed by atoms with E-state index in [0.717, 1.165) is 29.9 Å². The number of anilines is 2. The first-order valence-corrected chi connectivity index (χ1v) is 7.18. The molecule has 4 nitrogen and oxygen atoms in total. The van der Waals surface area contributed by atoms with Crippen LogP contribution >= 0.6 is 11.3 Å². The van der Waals surface area contributed by atoms with Crippen LogP contribution in [0.5, 0.6) is 0 Å². The molecule has 1 amide bonds. The number of para-hydroxylation sites is 1. The van der Waals surface area contributed by atoms with Crippen molar-refractivity contribution in [2.24, 2.45) is 0 Å². The summed E-state index contributed by atoms with van der Waals surface area (Å²) in [5, 5.41) is 8.85. The van der Waals surface area contributed by atoms with E-state index in [9.17, 15) is 4.79 Å². The summed E-state index contributed by atoms with van der Waals surface area (Å²) in [6, 6.07) is 7.98. The van der Waals surface area contributed by atoms with Crippen LogP contribution in [-0.2, 0) is 4.79 Å². The molecule has 0 saturated carbocycles. The number of hydrogen-bond acceptors (Lipinski definition) is 4. The largest absolute Gasteiger partial charge is 0.385 e. The van der Waals surface area contributed by atoms with E-state index in [2.05, 4.69) is 15.6 Å². The first-order valence-electron chi connectivity index (χ1n) is 6.30. The number of nitrogens with zero attached hydrogens (tertiary/aromatic N) is 1. The van der Waals surface area contributed by atoms with Crippen molar-refractivity contribution in [2.45, 2.75) is 19.3 Å². The van der Waals surface area contributed by atoms with Gasteiger partial charge in [-0.05, 0) is 25.0 Å². The van der Waals surface area contributed by atoms with Crippen LogP contribution in [0.2, 0.25) is 0 Å². The number of carbonyl (C=O) groups excluding carboxylic acids is 1. The third-order valence-corrected chi connectivity index (χ3v) is 4.13. The zero-order valence-electron chi connectivity index (χ0n) is 10.6. The van der Waals surface area contributed by atoms with Gasteiger partial charge in [0.05, 0.1) is 11.6 Å². The molecule has 2 N–H and O–H groups in total. The molecule has 1 atom stereocenters. The Morgan fingerprint density at radius 3 is 3.11 bits per heavy atom. The molecule has 0 saturated heterocycles. The molecular formula is C14H15N3OS. The number of nitrogens with one attached hydrogen (secondary N) is 2. The van der Waals surface area contributed by atoms with Gasteiger partial charge in [-0.25, -0.2) is 4.98 Å². The van der Waals surface area contributed by atoms with Gasteiger partial charge in [0.25, 0.3) is 0 Å². The predicted molar refractivity (Wildman–Crippen MR) is 77.8 cm³/mol. The van der Waals surface area contributed by atoms with Crippen molar-refractivity contribution in [3.05, 3.63) is 40.9 Å². The maximum atomic E-state index is 12.4. The van der Waals surface area contributed by atoms with E-state index in [1.54, 1.807) is 0 Å². The Balaban J connectivity index is 1.81. The van der Waals surface area contributed by atoms with E-state index in [1.165, 1.54) is 11.3 Å². The smallest absolute Gasteiger partial charge is 0.233 e. The zero-order valence-corrected chi connectivity index (χ0v) is 11.5. The van der Waals surface area contributed by atoms with Crippen LogP contribution in [0.3, 0.4) is 0 Å². The molecule has 1 unspecified atom stereocenters. The average molecular weight is 273 g/mol. The van der Waals surface area contributed by atoms with Gasteiger partial charge >= 0.3 is 0 Å². The molecule has 1 aliphatic rings. The van der Waals surface area contributed by atoms with Crippen molar-refractivity contribution in [2.75, 3.05) is 17.2 Å². The van der Waals surface area contributed by atoms with Crippen molar-refractivity contribution in [1.29, 1.82) is 0 Å². The van der Waals surface area contributed by atoms with Crippen LogP contribution in [0.1, 0.15) is 23.6 Å². The molecule has 0 fully saturated rings. The van der Waals surface area contributed by atoms with Gasteiger partial charge in [-0.1, -0.05) is 18.2 Å². The number of aromatic nitrogens is 1. The van der Waals surface area contributed by atoms with Crippen LogP contribution in [0, 0.1) is 6.92 Å². The maximum Gasteiger partial charge on any atom is 0.233 e. The second-order valence-electron chi connectivity index (χ2n) is 4.64. The highest BCUT2D eigenvalue weighted by atomic mass is 32.1. The van der Waals surface area contributed by atoms with E-state index in [1.807, 2.05) is 36.6 Å².